The first-order chi connectivity index (χ1) is 20.6. The molecule has 1 aliphatic rings. The molecule has 1 saturated heterocycles. The molecule has 1 unspecified atom stereocenters. The van der Waals surface area contributed by atoms with Gasteiger partial charge in [-0.3, -0.25) is 4.90 Å². The second kappa shape index (κ2) is 11.8. The predicted octanol–water partition coefficient (Wildman–Crippen LogP) is 7.46. The van der Waals surface area contributed by atoms with E-state index in [1.807, 2.05) is 31.2 Å². The number of likely N-dealkylation sites (tertiary alicyclic amines) is 1. The third kappa shape index (κ3) is 5.82. The molecule has 5 aromatic rings. The summed E-state index contributed by atoms with van der Waals surface area (Å²) in [6.45, 7) is 4.18. The van der Waals surface area contributed by atoms with Crippen molar-refractivity contribution >= 4 is 32.7 Å². The van der Waals surface area contributed by atoms with Gasteiger partial charge in [-0.25, -0.2) is 26.2 Å². The molecule has 0 saturated carbocycles. The molecule has 1 N–H and O–H groups in total. The number of aromatic nitrogens is 2. The van der Waals surface area contributed by atoms with Crippen LogP contribution in [0.4, 0.5) is 8.78 Å². The normalized spacial score (nSPS) is 16.3. The number of halogens is 3. The average molecular weight is 622 g/mol. The van der Waals surface area contributed by atoms with Gasteiger partial charge in [0.1, 0.15) is 5.15 Å². The van der Waals surface area contributed by atoms with E-state index in [1.54, 1.807) is 30.5 Å². The maximum absolute atomic E-state index is 13.9. The first-order valence-corrected chi connectivity index (χ1v) is 15.8. The fourth-order valence-electron chi connectivity index (χ4n) is 5.64. The van der Waals surface area contributed by atoms with Crippen LogP contribution in [0.1, 0.15) is 36.0 Å². The van der Waals surface area contributed by atoms with E-state index >= 15 is 0 Å². The zero-order valence-electron chi connectivity index (χ0n) is 23.4. The largest absolute Gasteiger partial charge is 0.392 e. The van der Waals surface area contributed by atoms with Crippen molar-refractivity contribution in [3.63, 3.8) is 0 Å². The quantitative estimate of drug-likeness (QED) is 0.204. The van der Waals surface area contributed by atoms with Gasteiger partial charge >= 0.3 is 0 Å². The highest BCUT2D eigenvalue weighted by Gasteiger charge is 2.28. The lowest BCUT2D eigenvalue weighted by Gasteiger charge is -2.29. The van der Waals surface area contributed by atoms with Crippen LogP contribution in [0.15, 0.2) is 90.0 Å². The molecular formula is C33H30ClF2N3O3S. The number of piperidine rings is 1. The van der Waals surface area contributed by atoms with Gasteiger partial charge in [0.2, 0.25) is 0 Å². The SMILES string of the molecule is Cc1ccc(S(=O)(=O)n2c(Cl)c(-c3cccc(C(F)F)c3)c3cc(-c4ccc(CN5CCCC(O)C5)cc4)cnc32)cc1. The number of aryl methyl sites for hydroxylation is 1. The van der Waals surface area contributed by atoms with Gasteiger partial charge in [0, 0.05) is 41.4 Å². The molecule has 2 aromatic heterocycles. The lowest BCUT2D eigenvalue weighted by molar-refractivity contribution is 0.0668. The highest BCUT2D eigenvalue weighted by atomic mass is 35.5. The standard InChI is InChI=1S/C33H30ClF2N3O3S/c1-21-7-13-28(14-8-21)43(41,42)39-31(34)30(24-4-2-5-25(16-24)32(35)36)29-17-26(18-37-33(29)39)23-11-9-22(10-12-23)19-38-15-3-6-27(40)20-38/h2,4-5,7-14,16-18,27,32,40H,3,6,15,19-20H2,1H3. The van der Waals surface area contributed by atoms with Crippen LogP contribution in [-0.2, 0) is 16.6 Å². The van der Waals surface area contributed by atoms with E-state index in [9.17, 15) is 22.3 Å². The lowest BCUT2D eigenvalue weighted by Crippen LogP contribution is -2.37. The molecule has 1 fully saturated rings. The number of aliphatic hydroxyl groups excluding tert-OH is 1. The number of β-amino-alcohol motifs (C(OH)–C–C–N with tert-alkyl or cyclic N) is 1. The minimum Gasteiger partial charge on any atom is -0.392 e. The first kappa shape index (κ1) is 29.4. The molecular weight excluding hydrogens is 592 g/mol. The Balaban J connectivity index is 1.46. The zero-order chi connectivity index (χ0) is 30.3. The lowest BCUT2D eigenvalue weighted by atomic mass is 10.00. The number of aliphatic hydroxyl groups is 1. The Bertz CT molecular complexity index is 1890. The van der Waals surface area contributed by atoms with Gasteiger partial charge in [0.15, 0.2) is 5.65 Å². The van der Waals surface area contributed by atoms with Crippen LogP contribution >= 0.6 is 11.6 Å². The van der Waals surface area contributed by atoms with Crippen molar-refractivity contribution in [3.8, 4) is 22.3 Å². The van der Waals surface area contributed by atoms with Gasteiger partial charge in [-0.15, -0.1) is 0 Å². The topological polar surface area (TPSA) is 75.4 Å². The van der Waals surface area contributed by atoms with E-state index in [2.05, 4.69) is 9.88 Å². The van der Waals surface area contributed by atoms with Gasteiger partial charge < -0.3 is 5.11 Å². The summed E-state index contributed by atoms with van der Waals surface area (Å²) in [6, 6.07) is 22.0. The Morgan fingerprint density at radius 2 is 1.74 bits per heavy atom. The van der Waals surface area contributed by atoms with E-state index in [0.29, 0.717) is 23.1 Å². The monoisotopic (exact) mass is 621 g/mol. The minimum absolute atomic E-state index is 0.0347. The van der Waals surface area contributed by atoms with Crippen molar-refractivity contribution in [2.45, 2.75) is 43.7 Å². The number of hydrogen-bond acceptors (Lipinski definition) is 5. The summed E-state index contributed by atoms with van der Waals surface area (Å²) >= 11 is 6.84. The fraction of sp³-hybridized carbons (Fsp3) is 0.242. The first-order valence-electron chi connectivity index (χ1n) is 14.0. The van der Waals surface area contributed by atoms with Crippen molar-refractivity contribution in [2.24, 2.45) is 0 Å². The zero-order valence-corrected chi connectivity index (χ0v) is 25.0. The number of hydrogen-bond donors (Lipinski definition) is 1. The van der Waals surface area contributed by atoms with Gasteiger partial charge in [-0.1, -0.05) is 71.8 Å². The molecule has 1 atom stereocenters. The number of alkyl halides is 2. The molecule has 222 valence electrons. The number of pyridine rings is 1. The average Bonchev–Trinajstić information content (AvgIpc) is 3.29. The Morgan fingerprint density at radius 3 is 2.44 bits per heavy atom. The molecule has 0 aliphatic carbocycles. The van der Waals surface area contributed by atoms with Crippen molar-refractivity contribution in [1.82, 2.24) is 13.9 Å². The van der Waals surface area contributed by atoms with Gasteiger partial charge in [-0.2, -0.15) is 0 Å². The van der Waals surface area contributed by atoms with E-state index in [1.165, 1.54) is 30.3 Å². The summed E-state index contributed by atoms with van der Waals surface area (Å²) in [7, 11) is -4.18. The molecule has 0 radical (unpaired) electrons. The summed E-state index contributed by atoms with van der Waals surface area (Å²) < 4.78 is 56.0. The molecule has 3 aromatic carbocycles. The molecule has 1 aliphatic heterocycles. The summed E-state index contributed by atoms with van der Waals surface area (Å²) in [5.74, 6) is 0. The molecule has 43 heavy (non-hydrogen) atoms. The number of fused-ring (bicyclic) bond motifs is 1. The van der Waals surface area contributed by atoms with Gasteiger partial charge in [0.25, 0.3) is 16.4 Å². The number of nitrogens with zero attached hydrogens (tertiary/aromatic N) is 3. The summed E-state index contributed by atoms with van der Waals surface area (Å²) in [5.41, 5.74) is 4.16. The fourth-order valence-corrected chi connectivity index (χ4v) is 7.57. The van der Waals surface area contributed by atoms with Crippen LogP contribution in [-0.4, -0.2) is 46.6 Å². The predicted molar refractivity (Wildman–Crippen MR) is 165 cm³/mol. The summed E-state index contributed by atoms with van der Waals surface area (Å²) in [5, 5.41) is 10.3. The second-order valence-corrected chi connectivity index (χ2v) is 13.1. The van der Waals surface area contributed by atoms with E-state index in [0.717, 1.165) is 52.2 Å². The third-order valence-electron chi connectivity index (χ3n) is 7.87. The highest BCUT2D eigenvalue weighted by Crippen LogP contribution is 2.42. The molecule has 6 nitrogen and oxygen atoms in total. The van der Waals surface area contributed by atoms with Gasteiger partial charge in [-0.05, 0) is 67.3 Å². The van der Waals surface area contributed by atoms with E-state index < -0.39 is 16.4 Å². The Kier molecular flexibility index (Phi) is 8.08. The minimum atomic E-state index is -4.18. The second-order valence-electron chi connectivity index (χ2n) is 11.0. The Morgan fingerprint density at radius 1 is 1.00 bits per heavy atom. The van der Waals surface area contributed by atoms with Crippen molar-refractivity contribution in [2.75, 3.05) is 13.1 Å². The van der Waals surface area contributed by atoms with E-state index in [4.69, 9.17) is 11.6 Å². The Labute approximate surface area is 254 Å². The van der Waals surface area contributed by atoms with Crippen molar-refractivity contribution < 1.29 is 22.3 Å². The molecule has 0 amide bonds. The van der Waals surface area contributed by atoms with E-state index in [-0.39, 0.29) is 27.4 Å². The third-order valence-corrected chi connectivity index (χ3v) is 10.0. The molecule has 6 rings (SSSR count). The Hall–Kier alpha value is -3.63. The molecule has 10 heteroatoms. The molecule has 0 spiro atoms. The molecule has 3 heterocycles. The number of benzene rings is 3. The van der Waals surface area contributed by atoms with Crippen LogP contribution in [0.25, 0.3) is 33.3 Å². The smallest absolute Gasteiger partial charge is 0.270 e. The maximum atomic E-state index is 13.9. The van der Waals surface area contributed by atoms with Crippen LogP contribution in [0, 0.1) is 6.92 Å². The number of rotatable bonds is 7. The van der Waals surface area contributed by atoms with Crippen molar-refractivity contribution in [3.05, 3.63) is 107 Å². The summed E-state index contributed by atoms with van der Waals surface area (Å²) in [6.07, 6.45) is 0.390. The molecule has 0 bridgehead atoms. The van der Waals surface area contributed by atoms with Crippen LogP contribution in [0.5, 0.6) is 0 Å². The van der Waals surface area contributed by atoms with Crippen LogP contribution in [0.2, 0.25) is 5.15 Å². The van der Waals surface area contributed by atoms with Crippen LogP contribution < -0.4 is 0 Å². The van der Waals surface area contributed by atoms with Gasteiger partial charge in [0.05, 0.1) is 11.0 Å². The highest BCUT2D eigenvalue weighted by molar-refractivity contribution is 7.90. The maximum Gasteiger partial charge on any atom is 0.270 e. The van der Waals surface area contributed by atoms with Crippen molar-refractivity contribution in [1.29, 1.82) is 0 Å². The summed E-state index contributed by atoms with van der Waals surface area (Å²) in [4.78, 5) is 6.84. The van der Waals surface area contributed by atoms with Crippen LogP contribution in [0.3, 0.4) is 0 Å².